The molecule has 2 fully saturated rings. The van der Waals surface area contributed by atoms with E-state index in [1.54, 1.807) is 11.0 Å². The molecule has 5 heterocycles. The Hall–Kier alpha value is -3.99. The maximum atomic E-state index is 12.9. The lowest BCUT2D eigenvalue weighted by atomic mass is 9.91. The van der Waals surface area contributed by atoms with E-state index in [4.69, 9.17) is 0 Å². The highest BCUT2D eigenvalue weighted by Crippen LogP contribution is 2.34. The predicted molar refractivity (Wildman–Crippen MR) is 181 cm³/mol. The average molecular weight is 680 g/mol. The number of piperidine rings is 1. The van der Waals surface area contributed by atoms with Crippen molar-refractivity contribution >= 4 is 44.2 Å². The molecule has 1 amide bonds. The van der Waals surface area contributed by atoms with Gasteiger partial charge in [-0.2, -0.15) is 18.4 Å². The van der Waals surface area contributed by atoms with Crippen molar-refractivity contribution in [2.45, 2.75) is 82.8 Å². The second-order valence-electron chi connectivity index (χ2n) is 13.1. The zero-order valence-electron chi connectivity index (χ0n) is 27.0. The van der Waals surface area contributed by atoms with Gasteiger partial charge in [-0.1, -0.05) is 12.6 Å². The number of anilines is 1. The number of aryl methyl sites for hydroxylation is 2. The van der Waals surface area contributed by atoms with Crippen LogP contribution in [0.2, 0.25) is 0 Å². The summed E-state index contributed by atoms with van der Waals surface area (Å²) in [6, 6.07) is 10.2. The minimum Gasteiger partial charge on any atom is -0.390 e. The summed E-state index contributed by atoms with van der Waals surface area (Å²) >= 11 is 1.05. The lowest BCUT2D eigenvalue weighted by molar-refractivity contribution is -0.127. The Morgan fingerprint density at radius 1 is 1.19 bits per heavy atom. The molecule has 13 heteroatoms. The van der Waals surface area contributed by atoms with E-state index < -0.39 is 18.2 Å². The molecule has 254 valence electrons. The largest absolute Gasteiger partial charge is 0.393 e. The number of benzene rings is 1. The van der Waals surface area contributed by atoms with E-state index in [-0.39, 0.29) is 16.8 Å². The molecule has 1 atom stereocenters. The van der Waals surface area contributed by atoms with E-state index in [0.29, 0.717) is 67.0 Å². The molecule has 0 aliphatic carbocycles. The summed E-state index contributed by atoms with van der Waals surface area (Å²) in [5.74, 6) is 0.471. The second-order valence-corrected chi connectivity index (χ2v) is 14.2. The normalized spacial score (nSPS) is 19.8. The van der Waals surface area contributed by atoms with Crippen LogP contribution in [-0.4, -0.2) is 79.3 Å². The number of likely N-dealkylation sites (tertiary alicyclic amines) is 2. The number of carbonyl (C=O) groups excluding carboxylic acids is 1. The van der Waals surface area contributed by atoms with Crippen molar-refractivity contribution in [3.63, 3.8) is 0 Å². The number of aromatic nitrogens is 3. The first kappa shape index (κ1) is 33.9. The van der Waals surface area contributed by atoms with Crippen LogP contribution in [0.4, 0.5) is 19.0 Å². The first-order chi connectivity index (χ1) is 22.9. The van der Waals surface area contributed by atoms with E-state index in [1.165, 1.54) is 18.0 Å². The smallest absolute Gasteiger partial charge is 0.390 e. The first-order valence-corrected chi connectivity index (χ1v) is 17.2. The molecule has 0 radical (unpaired) electrons. The zero-order chi connectivity index (χ0) is 34.1. The van der Waals surface area contributed by atoms with Crippen molar-refractivity contribution in [2.75, 3.05) is 31.5 Å². The lowest BCUT2D eigenvalue weighted by Gasteiger charge is -2.33. The Morgan fingerprint density at radius 2 is 1.98 bits per heavy atom. The lowest BCUT2D eigenvalue weighted by Crippen LogP contribution is -2.39. The summed E-state index contributed by atoms with van der Waals surface area (Å²) in [6.45, 7) is 9.74. The predicted octanol–water partition coefficient (Wildman–Crippen LogP) is 6.33. The quantitative estimate of drug-likeness (QED) is 0.199. The van der Waals surface area contributed by atoms with Crippen LogP contribution >= 0.6 is 11.3 Å². The third-order valence-corrected chi connectivity index (χ3v) is 10.9. The summed E-state index contributed by atoms with van der Waals surface area (Å²) in [5.41, 5.74) is 2.95. The number of rotatable bonds is 9. The van der Waals surface area contributed by atoms with Crippen molar-refractivity contribution in [1.29, 1.82) is 5.26 Å². The van der Waals surface area contributed by atoms with Gasteiger partial charge in [-0.15, -0.1) is 11.3 Å². The number of nitrogens with one attached hydrogen (secondary N) is 1. The summed E-state index contributed by atoms with van der Waals surface area (Å²) in [6.07, 6.45) is 1.51. The molecule has 9 nitrogen and oxygen atoms in total. The molecule has 2 aliphatic rings. The minimum absolute atomic E-state index is 0.110. The van der Waals surface area contributed by atoms with E-state index in [2.05, 4.69) is 51.9 Å². The number of nitrogens with zero attached hydrogens (tertiary/aromatic N) is 6. The van der Waals surface area contributed by atoms with Gasteiger partial charge in [0.1, 0.15) is 28.7 Å². The van der Waals surface area contributed by atoms with Crippen molar-refractivity contribution in [3.8, 4) is 6.07 Å². The molecule has 0 saturated carbocycles. The number of alkyl halides is 3. The number of amides is 1. The molecule has 1 unspecified atom stereocenters. The van der Waals surface area contributed by atoms with E-state index in [0.717, 1.165) is 60.3 Å². The van der Waals surface area contributed by atoms with Crippen LogP contribution in [0, 0.1) is 18.3 Å². The molecule has 1 aromatic carbocycles. The van der Waals surface area contributed by atoms with Crippen LogP contribution < -0.4 is 5.32 Å². The van der Waals surface area contributed by atoms with Crippen LogP contribution in [0.25, 0.3) is 21.1 Å². The fourth-order valence-electron chi connectivity index (χ4n) is 7.10. The van der Waals surface area contributed by atoms with Crippen molar-refractivity contribution in [2.24, 2.45) is 0 Å². The first-order valence-electron chi connectivity index (χ1n) is 16.4. The maximum Gasteiger partial charge on any atom is 0.393 e. The molecule has 48 heavy (non-hydrogen) atoms. The Bertz CT molecular complexity index is 1850. The standard InChI is InChI=1S/C35H40F3N7O2S/c1-3-31(46)44-12-4-9-34(47,10-15-44)11-16-45-26(20-39)17-28-23(2)24(5-6-30(28)45)21-43-13-7-25(8-14-43)42-32-29-18-27(19-35(36,37)38)48-33(29)41-22-40-32/h3,5-6,17-18,22,25,47H,1,4,7-16,19,21H2,2H3,(H,40,41,42). The van der Waals surface area contributed by atoms with Gasteiger partial charge in [0.2, 0.25) is 5.91 Å². The van der Waals surface area contributed by atoms with E-state index in [9.17, 15) is 28.3 Å². The Balaban J connectivity index is 1.08. The highest BCUT2D eigenvalue weighted by atomic mass is 32.1. The van der Waals surface area contributed by atoms with Crippen LogP contribution in [0.5, 0.6) is 0 Å². The van der Waals surface area contributed by atoms with Crippen LogP contribution in [0.1, 0.15) is 60.2 Å². The fourth-order valence-corrected chi connectivity index (χ4v) is 8.13. The van der Waals surface area contributed by atoms with Gasteiger partial charge in [-0.25, -0.2) is 9.97 Å². The Labute approximate surface area is 281 Å². The van der Waals surface area contributed by atoms with Gasteiger partial charge in [0, 0.05) is 61.1 Å². The fraction of sp³-hybridized carbons (Fsp3) is 0.486. The summed E-state index contributed by atoms with van der Waals surface area (Å²) in [7, 11) is 0. The maximum absolute atomic E-state index is 12.9. The van der Waals surface area contributed by atoms with Crippen molar-refractivity contribution in [1.82, 2.24) is 24.3 Å². The van der Waals surface area contributed by atoms with Gasteiger partial charge < -0.3 is 19.9 Å². The number of aliphatic hydroxyl groups is 1. The topological polar surface area (TPSA) is 110 Å². The molecule has 3 aromatic heterocycles. The second kappa shape index (κ2) is 13.9. The van der Waals surface area contributed by atoms with Gasteiger partial charge in [-0.05, 0) is 80.9 Å². The number of halogens is 3. The van der Waals surface area contributed by atoms with E-state index >= 15 is 0 Å². The van der Waals surface area contributed by atoms with Crippen LogP contribution in [0.15, 0.2) is 43.2 Å². The molecule has 0 bridgehead atoms. The van der Waals surface area contributed by atoms with Gasteiger partial charge in [-0.3, -0.25) is 9.69 Å². The Kier molecular flexibility index (Phi) is 9.79. The zero-order valence-corrected chi connectivity index (χ0v) is 27.8. The van der Waals surface area contributed by atoms with Crippen LogP contribution in [0.3, 0.4) is 0 Å². The monoisotopic (exact) mass is 679 g/mol. The molecule has 2 aliphatic heterocycles. The highest BCUT2D eigenvalue weighted by molar-refractivity contribution is 7.18. The number of carbonyl (C=O) groups is 1. The number of hydrogen-bond acceptors (Lipinski definition) is 8. The summed E-state index contributed by atoms with van der Waals surface area (Å²) in [4.78, 5) is 25.5. The van der Waals surface area contributed by atoms with Gasteiger partial charge >= 0.3 is 6.18 Å². The average Bonchev–Trinajstić information content (AvgIpc) is 3.57. The van der Waals surface area contributed by atoms with Crippen LogP contribution in [-0.2, 0) is 24.3 Å². The molecule has 2 saturated heterocycles. The molecule has 2 N–H and O–H groups in total. The molecule has 4 aromatic rings. The van der Waals surface area contributed by atoms with Gasteiger partial charge in [0.05, 0.1) is 17.4 Å². The molecule has 6 rings (SSSR count). The third kappa shape index (κ3) is 7.51. The molecule has 0 spiro atoms. The molecular weight excluding hydrogens is 639 g/mol. The van der Waals surface area contributed by atoms with Gasteiger partial charge in [0.25, 0.3) is 0 Å². The van der Waals surface area contributed by atoms with Crippen molar-refractivity contribution in [3.05, 3.63) is 64.9 Å². The third-order valence-electron chi connectivity index (χ3n) is 9.86. The number of fused-ring (bicyclic) bond motifs is 2. The number of hydrogen-bond donors (Lipinski definition) is 2. The summed E-state index contributed by atoms with van der Waals surface area (Å²) in [5, 5.41) is 26.5. The minimum atomic E-state index is -4.27. The molecular formula is C35H40F3N7O2S. The summed E-state index contributed by atoms with van der Waals surface area (Å²) < 4.78 is 40.8. The highest BCUT2D eigenvalue weighted by Gasteiger charge is 2.32. The SMILES string of the molecule is C=CC(=O)N1CCCC(O)(CCn2c(C#N)cc3c(C)c(CN4CCC(Nc5ncnc6sc(CC(F)(F)F)cc56)CC4)ccc32)CC1. The Morgan fingerprint density at radius 3 is 2.71 bits per heavy atom. The van der Waals surface area contributed by atoms with E-state index in [1.807, 2.05) is 10.6 Å². The van der Waals surface area contributed by atoms with Crippen molar-refractivity contribution < 1.29 is 23.1 Å². The number of nitriles is 1. The van der Waals surface area contributed by atoms with Gasteiger partial charge in [0.15, 0.2) is 0 Å². The number of thiophene rings is 1.